The molecule has 8 heteroatoms. The minimum Gasteiger partial charge on any atom is -0.485 e. The molecule has 0 aliphatic heterocycles. The third kappa shape index (κ3) is 2.79. The number of rotatable bonds is 5. The van der Waals surface area contributed by atoms with Crippen molar-refractivity contribution >= 4 is 11.5 Å². The van der Waals surface area contributed by atoms with E-state index in [0.29, 0.717) is 5.82 Å². The van der Waals surface area contributed by atoms with Gasteiger partial charge in [0.25, 0.3) is 5.69 Å². The number of hydrogen-bond donors (Lipinski definition) is 0. The first-order chi connectivity index (χ1) is 9.49. The molecule has 0 amide bonds. The van der Waals surface area contributed by atoms with E-state index in [1.807, 2.05) is 0 Å². The Balaban J connectivity index is 2.25. The maximum absolute atomic E-state index is 11.5. The molecule has 0 N–H and O–H groups in total. The summed E-state index contributed by atoms with van der Waals surface area (Å²) in [5.74, 6) is 0.561. The molecule has 8 nitrogen and oxygen atoms in total. The number of carbonyl (C=O) groups excluding carboxylic acids is 1. The van der Waals surface area contributed by atoms with Crippen LogP contribution in [0, 0.1) is 10.1 Å². The van der Waals surface area contributed by atoms with Gasteiger partial charge in [0, 0.05) is 19.2 Å². The molecule has 0 aliphatic rings. The van der Waals surface area contributed by atoms with E-state index in [0.717, 1.165) is 0 Å². The summed E-state index contributed by atoms with van der Waals surface area (Å²) in [6, 6.07) is 3.90. The Bertz CT molecular complexity index is 665. The highest BCUT2D eigenvalue weighted by molar-refractivity contribution is 5.97. The lowest BCUT2D eigenvalue weighted by atomic mass is 10.1. The molecule has 0 bridgehead atoms. The Kier molecular flexibility index (Phi) is 3.74. The number of nitrogens with zero attached hydrogens (tertiary/aromatic N) is 4. The molecule has 20 heavy (non-hydrogen) atoms. The number of non-ortho nitro benzene ring substituents is 1. The van der Waals surface area contributed by atoms with Gasteiger partial charge in [-0.1, -0.05) is 0 Å². The molecule has 0 spiro atoms. The Morgan fingerprint density at radius 3 is 2.80 bits per heavy atom. The van der Waals surface area contributed by atoms with Gasteiger partial charge in [0.1, 0.15) is 18.7 Å². The van der Waals surface area contributed by atoms with Gasteiger partial charge < -0.3 is 9.30 Å². The summed E-state index contributed by atoms with van der Waals surface area (Å²) in [5.41, 5.74) is 0.0163. The number of ether oxygens (including phenoxy) is 1. The second-order valence-corrected chi connectivity index (χ2v) is 4.14. The van der Waals surface area contributed by atoms with E-state index in [9.17, 15) is 14.9 Å². The van der Waals surface area contributed by atoms with Crippen molar-refractivity contribution < 1.29 is 14.5 Å². The van der Waals surface area contributed by atoms with Crippen LogP contribution < -0.4 is 4.74 Å². The number of nitro benzene ring substituents is 1. The third-order valence-electron chi connectivity index (χ3n) is 2.72. The molecule has 0 radical (unpaired) electrons. The van der Waals surface area contributed by atoms with Gasteiger partial charge in [-0.3, -0.25) is 14.9 Å². The molecule has 0 aliphatic carbocycles. The summed E-state index contributed by atoms with van der Waals surface area (Å²) in [6.45, 7) is 1.45. The van der Waals surface area contributed by atoms with Gasteiger partial charge in [0.05, 0.1) is 10.5 Å². The molecule has 2 aromatic rings. The van der Waals surface area contributed by atoms with Crippen molar-refractivity contribution in [3.8, 4) is 5.75 Å². The molecule has 1 heterocycles. The van der Waals surface area contributed by atoms with Crippen molar-refractivity contribution in [2.75, 3.05) is 0 Å². The highest BCUT2D eigenvalue weighted by Gasteiger charge is 2.15. The predicted octanol–water partition coefficient (Wildman–Crippen LogP) is 1.50. The van der Waals surface area contributed by atoms with Crippen LogP contribution >= 0.6 is 0 Å². The molecule has 104 valence electrons. The second kappa shape index (κ2) is 5.47. The maximum atomic E-state index is 11.5. The number of carbonyl (C=O) groups is 1. The van der Waals surface area contributed by atoms with Crippen molar-refractivity contribution in [1.82, 2.24) is 14.8 Å². The summed E-state index contributed by atoms with van der Waals surface area (Å²) in [4.78, 5) is 21.7. The van der Waals surface area contributed by atoms with Gasteiger partial charge in [-0.2, -0.15) is 0 Å². The normalized spacial score (nSPS) is 10.3. The zero-order valence-electron chi connectivity index (χ0n) is 10.9. The predicted molar refractivity (Wildman–Crippen MR) is 68.4 cm³/mol. The highest BCUT2D eigenvalue weighted by Crippen LogP contribution is 2.25. The van der Waals surface area contributed by atoms with Gasteiger partial charge >= 0.3 is 0 Å². The lowest BCUT2D eigenvalue weighted by Crippen LogP contribution is -2.06. The van der Waals surface area contributed by atoms with Crippen molar-refractivity contribution in [2.45, 2.75) is 13.5 Å². The zero-order chi connectivity index (χ0) is 14.7. The van der Waals surface area contributed by atoms with E-state index in [2.05, 4.69) is 10.2 Å². The van der Waals surface area contributed by atoms with E-state index in [4.69, 9.17) is 4.74 Å². The van der Waals surface area contributed by atoms with E-state index >= 15 is 0 Å². The van der Waals surface area contributed by atoms with Crippen molar-refractivity contribution in [2.24, 2.45) is 7.05 Å². The van der Waals surface area contributed by atoms with Crippen LogP contribution in [0.2, 0.25) is 0 Å². The Morgan fingerprint density at radius 1 is 1.50 bits per heavy atom. The first-order valence-corrected chi connectivity index (χ1v) is 5.74. The summed E-state index contributed by atoms with van der Waals surface area (Å²) >= 11 is 0. The smallest absolute Gasteiger partial charge is 0.270 e. The molecule has 0 saturated heterocycles. The molecule has 1 aromatic heterocycles. The highest BCUT2D eigenvalue weighted by atomic mass is 16.6. The molecule has 2 rings (SSSR count). The quantitative estimate of drug-likeness (QED) is 0.466. The van der Waals surface area contributed by atoms with Crippen LogP contribution in [0.15, 0.2) is 24.5 Å². The fourth-order valence-electron chi connectivity index (χ4n) is 1.61. The van der Waals surface area contributed by atoms with Gasteiger partial charge in [-0.25, -0.2) is 0 Å². The lowest BCUT2D eigenvalue weighted by Gasteiger charge is -2.09. The topological polar surface area (TPSA) is 100 Å². The van der Waals surface area contributed by atoms with E-state index in [1.54, 1.807) is 11.6 Å². The van der Waals surface area contributed by atoms with E-state index in [-0.39, 0.29) is 29.4 Å². The average Bonchev–Trinajstić information content (AvgIpc) is 2.81. The minimum atomic E-state index is -0.557. The Morgan fingerprint density at radius 2 is 2.25 bits per heavy atom. The number of hydrogen-bond acceptors (Lipinski definition) is 6. The molecule has 0 atom stereocenters. The average molecular weight is 276 g/mol. The van der Waals surface area contributed by atoms with Gasteiger partial charge in [-0.15, -0.1) is 10.2 Å². The van der Waals surface area contributed by atoms with Crippen LogP contribution in [0.4, 0.5) is 5.69 Å². The molecule has 0 unspecified atom stereocenters. The minimum absolute atomic E-state index is 0.120. The molecule has 1 aromatic carbocycles. The number of aromatic nitrogens is 3. The Hall–Kier alpha value is -2.77. The van der Waals surface area contributed by atoms with Crippen molar-refractivity contribution in [1.29, 1.82) is 0 Å². The lowest BCUT2D eigenvalue weighted by molar-refractivity contribution is -0.384. The van der Waals surface area contributed by atoms with Crippen molar-refractivity contribution in [3.63, 3.8) is 0 Å². The number of aryl methyl sites for hydroxylation is 1. The summed E-state index contributed by atoms with van der Waals surface area (Å²) in [5, 5.41) is 18.3. The van der Waals surface area contributed by atoms with E-state index in [1.165, 1.54) is 31.5 Å². The molecular formula is C12H12N4O4. The molecular weight excluding hydrogens is 264 g/mol. The SMILES string of the molecule is CC(=O)c1cc([N+](=O)[O-])ccc1OCc1nncn1C. The monoisotopic (exact) mass is 276 g/mol. The molecule has 0 fully saturated rings. The first kappa shape index (κ1) is 13.7. The van der Waals surface area contributed by atoms with Crippen LogP contribution in [0.3, 0.4) is 0 Å². The van der Waals surface area contributed by atoms with E-state index < -0.39 is 4.92 Å². The Labute approximate surface area is 114 Å². The van der Waals surface area contributed by atoms with Gasteiger partial charge in [0.2, 0.25) is 0 Å². The van der Waals surface area contributed by atoms with Gasteiger partial charge in [-0.05, 0) is 13.0 Å². The summed E-state index contributed by atoms with van der Waals surface area (Å²) < 4.78 is 7.17. The van der Waals surface area contributed by atoms with Crippen LogP contribution in [0.5, 0.6) is 5.75 Å². The fourth-order valence-corrected chi connectivity index (χ4v) is 1.61. The third-order valence-corrected chi connectivity index (χ3v) is 2.72. The molecule has 0 saturated carbocycles. The van der Waals surface area contributed by atoms with Gasteiger partial charge in [0.15, 0.2) is 11.6 Å². The number of nitro groups is 1. The van der Waals surface area contributed by atoms with Crippen molar-refractivity contribution in [3.05, 3.63) is 46.0 Å². The van der Waals surface area contributed by atoms with Crippen LogP contribution in [0.1, 0.15) is 23.1 Å². The van der Waals surface area contributed by atoms with Crippen LogP contribution in [-0.2, 0) is 13.7 Å². The zero-order valence-corrected chi connectivity index (χ0v) is 10.9. The summed E-state index contributed by atoms with van der Waals surface area (Å²) in [7, 11) is 1.76. The van der Waals surface area contributed by atoms with Crippen LogP contribution in [0.25, 0.3) is 0 Å². The standard InChI is InChI=1S/C12H12N4O4/c1-8(17)10-5-9(16(18)19)3-4-11(10)20-6-12-14-13-7-15(12)2/h3-5,7H,6H2,1-2H3. The number of benzene rings is 1. The number of Topliss-reactive ketones (excluding diaryl/α,β-unsaturated/α-hetero) is 1. The maximum Gasteiger partial charge on any atom is 0.270 e. The summed E-state index contributed by atoms with van der Waals surface area (Å²) in [6.07, 6.45) is 1.53. The number of ketones is 1. The van der Waals surface area contributed by atoms with Crippen LogP contribution in [-0.4, -0.2) is 25.5 Å². The largest absolute Gasteiger partial charge is 0.485 e. The second-order valence-electron chi connectivity index (χ2n) is 4.14. The first-order valence-electron chi connectivity index (χ1n) is 5.74. The fraction of sp³-hybridized carbons (Fsp3) is 0.250.